The van der Waals surface area contributed by atoms with Crippen LogP contribution in [0.4, 0.5) is 10.5 Å². The number of rotatable bonds is 8. The van der Waals surface area contributed by atoms with Gasteiger partial charge in [0.15, 0.2) is 6.20 Å². The molecular formula is C29H24ClN7O4. The molecule has 2 amide bonds. The Hall–Kier alpha value is -5.29. The maximum absolute atomic E-state index is 13.5. The summed E-state index contributed by atoms with van der Waals surface area (Å²) in [5, 5.41) is 30.8. The minimum atomic E-state index is -0.650. The molecular weight excluding hydrogens is 546 g/mol. The van der Waals surface area contributed by atoms with Gasteiger partial charge in [-0.1, -0.05) is 41.9 Å². The number of ether oxygens (including phenoxy) is 1. The lowest BCUT2D eigenvalue weighted by molar-refractivity contribution is -0.615. The lowest BCUT2D eigenvalue weighted by Gasteiger charge is -2.19. The molecule has 5 rings (SSSR count). The molecule has 0 bridgehead atoms. The first-order chi connectivity index (χ1) is 19.9. The summed E-state index contributed by atoms with van der Waals surface area (Å²) in [6.45, 7) is 0. The molecule has 5 aromatic rings. The molecule has 12 heteroatoms. The highest BCUT2D eigenvalue weighted by atomic mass is 35.5. The van der Waals surface area contributed by atoms with E-state index in [1.165, 1.54) is 24.3 Å². The van der Waals surface area contributed by atoms with Crippen LogP contribution in [0.1, 0.15) is 27.7 Å². The molecule has 0 fully saturated rings. The third-order valence-corrected chi connectivity index (χ3v) is 6.57. The van der Waals surface area contributed by atoms with Crippen LogP contribution < -0.4 is 15.4 Å². The predicted octanol–water partition coefficient (Wildman–Crippen LogP) is 4.51. The van der Waals surface area contributed by atoms with Crippen molar-refractivity contribution in [1.82, 2.24) is 25.5 Å². The number of hydrogen-bond acceptors (Lipinski definition) is 7. The molecule has 41 heavy (non-hydrogen) atoms. The smallest absolute Gasteiger partial charge is 0.411 e. The highest BCUT2D eigenvalue weighted by molar-refractivity contribution is 6.31. The van der Waals surface area contributed by atoms with Crippen molar-refractivity contribution in [3.05, 3.63) is 125 Å². The molecule has 2 aromatic heterocycles. The summed E-state index contributed by atoms with van der Waals surface area (Å²) < 4.78 is 6.82. The van der Waals surface area contributed by atoms with Gasteiger partial charge in [-0.25, -0.2) is 4.79 Å². The second kappa shape index (κ2) is 12.3. The van der Waals surface area contributed by atoms with Crippen LogP contribution in [0.25, 0.3) is 16.8 Å². The Kier molecular flexibility index (Phi) is 8.16. The molecule has 0 spiro atoms. The normalized spacial score (nSPS) is 11.5. The molecule has 206 valence electrons. The Morgan fingerprint density at radius 1 is 1.05 bits per heavy atom. The molecule has 3 aromatic carbocycles. The van der Waals surface area contributed by atoms with Crippen molar-refractivity contribution >= 4 is 29.3 Å². The van der Waals surface area contributed by atoms with Crippen molar-refractivity contribution in [2.75, 3.05) is 12.4 Å². The SMILES string of the molecule is COC(=O)Nc1ccc(C(=O)N[C@@H](Cc2ccccc2)c2ccc(-c3cc(Cl)ccc3-n3cnnn3)c[n+]2[O-])cc1. The maximum atomic E-state index is 13.5. The van der Waals surface area contributed by atoms with Crippen LogP contribution in [0.5, 0.6) is 0 Å². The number of anilines is 1. The quantitative estimate of drug-likeness (QED) is 0.207. The Morgan fingerprint density at radius 3 is 2.51 bits per heavy atom. The number of pyridine rings is 1. The Bertz CT molecular complexity index is 1660. The standard InChI is InChI=1S/C29H24ClN7O4/c1-41-29(39)32-23-11-7-20(8-12-23)28(38)33-25(15-19-5-3-2-4-6-19)27-13-9-21(17-37(27)40)24-16-22(30)10-14-26(24)36-18-31-34-35-36/h2-14,16-18,25H,15H2,1H3,(H,32,39)(H,33,38)/t25-/m0/s1. The van der Waals surface area contributed by atoms with E-state index < -0.39 is 12.1 Å². The third kappa shape index (κ3) is 6.48. The summed E-state index contributed by atoms with van der Waals surface area (Å²) in [5.74, 6) is -0.379. The predicted molar refractivity (Wildman–Crippen MR) is 151 cm³/mol. The Labute approximate surface area is 239 Å². The number of nitrogens with one attached hydrogen (secondary N) is 2. The molecule has 2 N–H and O–H groups in total. The average molecular weight is 570 g/mol. The second-order valence-electron chi connectivity index (χ2n) is 8.99. The Balaban J connectivity index is 1.45. The highest BCUT2D eigenvalue weighted by Gasteiger charge is 2.24. The molecule has 0 aliphatic rings. The molecule has 0 aliphatic carbocycles. The highest BCUT2D eigenvalue weighted by Crippen LogP contribution is 2.29. The van der Waals surface area contributed by atoms with Crippen LogP contribution in [0.3, 0.4) is 0 Å². The number of tetrazole rings is 1. The third-order valence-electron chi connectivity index (χ3n) is 6.33. The van der Waals surface area contributed by atoms with Gasteiger partial charge >= 0.3 is 6.09 Å². The number of carbonyl (C=O) groups excluding carboxylic acids is 2. The number of carbonyl (C=O) groups is 2. The van der Waals surface area contributed by atoms with Gasteiger partial charge in [0.05, 0.1) is 12.8 Å². The van der Waals surface area contributed by atoms with Crippen LogP contribution in [-0.4, -0.2) is 39.3 Å². The fourth-order valence-electron chi connectivity index (χ4n) is 4.33. The van der Waals surface area contributed by atoms with E-state index in [0.29, 0.717) is 45.2 Å². The van der Waals surface area contributed by atoms with Crippen LogP contribution in [0.15, 0.2) is 97.5 Å². The zero-order chi connectivity index (χ0) is 28.8. The zero-order valence-corrected chi connectivity index (χ0v) is 22.5. The molecule has 0 saturated carbocycles. The molecule has 2 heterocycles. The van der Waals surface area contributed by atoms with E-state index in [-0.39, 0.29) is 5.91 Å². The summed E-state index contributed by atoms with van der Waals surface area (Å²) in [5.41, 5.74) is 4.02. The first-order valence-corrected chi connectivity index (χ1v) is 12.9. The number of benzene rings is 3. The fourth-order valence-corrected chi connectivity index (χ4v) is 4.50. The minimum Gasteiger partial charge on any atom is -0.618 e. The molecule has 0 saturated heterocycles. The largest absolute Gasteiger partial charge is 0.618 e. The summed E-state index contributed by atoms with van der Waals surface area (Å²) >= 11 is 6.28. The maximum Gasteiger partial charge on any atom is 0.411 e. The second-order valence-corrected chi connectivity index (χ2v) is 9.43. The van der Waals surface area contributed by atoms with E-state index in [4.69, 9.17) is 11.6 Å². The van der Waals surface area contributed by atoms with Gasteiger partial charge in [-0.2, -0.15) is 9.41 Å². The van der Waals surface area contributed by atoms with E-state index in [1.807, 2.05) is 30.3 Å². The van der Waals surface area contributed by atoms with E-state index >= 15 is 0 Å². The van der Waals surface area contributed by atoms with Crippen molar-refractivity contribution in [1.29, 1.82) is 0 Å². The van der Waals surface area contributed by atoms with Crippen LogP contribution in [0.2, 0.25) is 5.02 Å². The van der Waals surface area contributed by atoms with E-state index in [0.717, 1.165) is 10.3 Å². The first kappa shape index (κ1) is 27.3. The van der Waals surface area contributed by atoms with Gasteiger partial charge in [-0.3, -0.25) is 10.1 Å². The van der Waals surface area contributed by atoms with Crippen molar-refractivity contribution in [3.63, 3.8) is 0 Å². The van der Waals surface area contributed by atoms with E-state index in [9.17, 15) is 14.8 Å². The fraction of sp³-hybridized carbons (Fsp3) is 0.103. The van der Waals surface area contributed by atoms with Gasteiger partial charge in [0.1, 0.15) is 12.4 Å². The number of hydrogen-bond donors (Lipinski definition) is 2. The number of halogens is 1. The molecule has 0 radical (unpaired) electrons. The molecule has 0 aliphatic heterocycles. The topological polar surface area (TPSA) is 138 Å². The number of aromatic nitrogens is 5. The summed E-state index contributed by atoms with van der Waals surface area (Å²) in [7, 11) is 1.27. The minimum absolute atomic E-state index is 0.348. The van der Waals surface area contributed by atoms with Gasteiger partial charge in [-0.05, 0) is 64.5 Å². The van der Waals surface area contributed by atoms with Crippen LogP contribution in [0, 0.1) is 5.21 Å². The van der Waals surface area contributed by atoms with E-state index in [2.05, 4.69) is 30.9 Å². The van der Waals surface area contributed by atoms with E-state index in [1.54, 1.807) is 54.6 Å². The van der Waals surface area contributed by atoms with Gasteiger partial charge in [0.2, 0.25) is 5.69 Å². The first-order valence-electron chi connectivity index (χ1n) is 12.5. The molecule has 11 nitrogen and oxygen atoms in total. The summed E-state index contributed by atoms with van der Waals surface area (Å²) in [6, 6.07) is 23.9. The van der Waals surface area contributed by atoms with Gasteiger partial charge in [0.25, 0.3) is 5.91 Å². The van der Waals surface area contributed by atoms with Crippen molar-refractivity contribution in [3.8, 4) is 16.8 Å². The lowest BCUT2D eigenvalue weighted by atomic mass is 10.00. The Morgan fingerprint density at radius 2 is 1.83 bits per heavy atom. The van der Waals surface area contributed by atoms with Gasteiger partial charge < -0.3 is 15.3 Å². The van der Waals surface area contributed by atoms with Gasteiger partial charge in [0, 0.05) is 39.9 Å². The summed E-state index contributed by atoms with van der Waals surface area (Å²) in [6.07, 6.45) is 2.65. The number of methoxy groups -OCH3 is 1. The number of amides is 2. The zero-order valence-electron chi connectivity index (χ0n) is 21.8. The average Bonchev–Trinajstić information content (AvgIpc) is 3.52. The van der Waals surface area contributed by atoms with Crippen LogP contribution in [-0.2, 0) is 11.2 Å². The van der Waals surface area contributed by atoms with Crippen molar-refractivity contribution in [2.45, 2.75) is 12.5 Å². The summed E-state index contributed by atoms with van der Waals surface area (Å²) in [4.78, 5) is 24.7. The van der Waals surface area contributed by atoms with Crippen molar-refractivity contribution < 1.29 is 19.1 Å². The monoisotopic (exact) mass is 569 g/mol. The molecule has 0 unspecified atom stereocenters. The number of nitrogens with zero attached hydrogens (tertiary/aromatic N) is 5. The van der Waals surface area contributed by atoms with Crippen LogP contribution >= 0.6 is 11.6 Å². The van der Waals surface area contributed by atoms with Crippen molar-refractivity contribution in [2.24, 2.45) is 0 Å². The lowest BCUT2D eigenvalue weighted by Crippen LogP contribution is -2.40. The molecule has 1 atom stereocenters. The van der Waals surface area contributed by atoms with Gasteiger partial charge in [-0.15, -0.1) is 5.10 Å².